The summed E-state index contributed by atoms with van der Waals surface area (Å²) in [6.07, 6.45) is -2.59. The van der Waals surface area contributed by atoms with Crippen molar-refractivity contribution in [2.24, 2.45) is 5.92 Å². The second-order valence-corrected chi connectivity index (χ2v) is 12.0. The van der Waals surface area contributed by atoms with Crippen molar-refractivity contribution in [3.63, 3.8) is 0 Å². The highest BCUT2D eigenvalue weighted by molar-refractivity contribution is 5.94. The number of nitrogens with zero attached hydrogens (tertiary/aromatic N) is 1. The average molecular weight is 549 g/mol. The third-order valence-electron chi connectivity index (χ3n) is 9.91. The first-order chi connectivity index (χ1) is 18.4. The van der Waals surface area contributed by atoms with Gasteiger partial charge in [-0.25, -0.2) is 4.39 Å². The SMILES string of the molecule is O=C(N[C@@H]1CC[C@@]2(O)[C@H]3Cc4ccc(O)c5c4C2(CC[N+]3([O-])CC2CC2)[C@H]1O5)c1ccc(C(F)(F)F)c(F)c1. The summed E-state index contributed by atoms with van der Waals surface area (Å²) in [5.74, 6) is -1.83. The first-order valence-corrected chi connectivity index (χ1v) is 13.4. The topological polar surface area (TPSA) is 102 Å². The zero-order valence-corrected chi connectivity index (χ0v) is 20.9. The van der Waals surface area contributed by atoms with E-state index in [4.69, 9.17) is 4.74 Å². The number of hydroxylamine groups is 3. The van der Waals surface area contributed by atoms with E-state index >= 15 is 0 Å². The number of alkyl halides is 3. The first-order valence-electron chi connectivity index (χ1n) is 13.4. The van der Waals surface area contributed by atoms with Gasteiger partial charge in [0, 0.05) is 29.9 Å². The summed E-state index contributed by atoms with van der Waals surface area (Å²) < 4.78 is 59.0. The fraction of sp³-hybridized carbons (Fsp3) is 0.536. The van der Waals surface area contributed by atoms with Crippen LogP contribution in [0.4, 0.5) is 17.6 Å². The lowest BCUT2D eigenvalue weighted by Crippen LogP contribution is -2.81. The third-order valence-corrected chi connectivity index (χ3v) is 9.91. The van der Waals surface area contributed by atoms with Crippen molar-refractivity contribution in [3.05, 3.63) is 63.6 Å². The van der Waals surface area contributed by atoms with Crippen LogP contribution in [0.15, 0.2) is 30.3 Å². The van der Waals surface area contributed by atoms with Crippen LogP contribution >= 0.6 is 0 Å². The Labute approximate surface area is 221 Å². The molecule has 5 aliphatic rings. The summed E-state index contributed by atoms with van der Waals surface area (Å²) in [5.41, 5.74) is -2.69. The molecule has 7 nitrogen and oxygen atoms in total. The van der Waals surface area contributed by atoms with E-state index in [1.54, 1.807) is 6.07 Å². The number of amides is 1. The number of hydrogen-bond donors (Lipinski definition) is 3. The minimum absolute atomic E-state index is 0.0976. The Morgan fingerprint density at radius 3 is 2.64 bits per heavy atom. The largest absolute Gasteiger partial charge is 0.632 e. The minimum atomic E-state index is -4.89. The Hall–Kier alpha value is -2.89. The van der Waals surface area contributed by atoms with E-state index in [9.17, 15) is 37.8 Å². The number of nitrogens with one attached hydrogen (secondary N) is 1. The van der Waals surface area contributed by atoms with Gasteiger partial charge in [0.2, 0.25) is 0 Å². The second-order valence-electron chi connectivity index (χ2n) is 12.0. The van der Waals surface area contributed by atoms with E-state index in [1.165, 1.54) is 6.07 Å². The van der Waals surface area contributed by atoms with Gasteiger partial charge in [-0.3, -0.25) is 4.79 Å². The number of aromatic hydroxyl groups is 1. The number of carbonyl (C=O) groups is 1. The van der Waals surface area contributed by atoms with Gasteiger partial charge in [-0.15, -0.1) is 0 Å². The van der Waals surface area contributed by atoms with Crippen LogP contribution in [-0.2, 0) is 18.0 Å². The van der Waals surface area contributed by atoms with E-state index in [0.717, 1.165) is 24.5 Å². The quantitative estimate of drug-likeness (QED) is 0.306. The molecule has 208 valence electrons. The summed E-state index contributed by atoms with van der Waals surface area (Å²) in [6, 6.07) is 3.98. The molecule has 1 spiro atoms. The molecule has 7 rings (SSSR count). The number of phenols is 1. The van der Waals surface area contributed by atoms with Crippen LogP contribution in [0, 0.1) is 16.9 Å². The molecule has 0 radical (unpaired) electrons. The lowest BCUT2D eigenvalue weighted by molar-refractivity contribution is -0.924. The number of quaternary nitrogens is 1. The minimum Gasteiger partial charge on any atom is -0.632 e. The zero-order chi connectivity index (χ0) is 27.5. The molecule has 6 atom stereocenters. The van der Waals surface area contributed by atoms with Gasteiger partial charge in [0.1, 0.15) is 23.6 Å². The van der Waals surface area contributed by atoms with E-state index in [0.29, 0.717) is 43.0 Å². The van der Waals surface area contributed by atoms with Gasteiger partial charge in [0.15, 0.2) is 11.5 Å². The predicted octanol–water partition coefficient (Wildman–Crippen LogP) is 3.93. The molecule has 3 N–H and O–H groups in total. The molecule has 2 unspecified atom stereocenters. The van der Waals surface area contributed by atoms with Crippen molar-refractivity contribution in [2.75, 3.05) is 13.1 Å². The maximum Gasteiger partial charge on any atom is 0.419 e. The molecular weight excluding hydrogens is 520 g/mol. The fourth-order valence-corrected chi connectivity index (χ4v) is 8.04. The Balaban J connectivity index is 1.26. The summed E-state index contributed by atoms with van der Waals surface area (Å²) in [5, 5.41) is 40.2. The highest BCUT2D eigenvalue weighted by Gasteiger charge is 2.76. The molecule has 2 aromatic rings. The summed E-state index contributed by atoms with van der Waals surface area (Å²) in [6.45, 7) is 0.719. The normalized spacial score (nSPS) is 36.2. The standard InChI is InChI=1S/C28H28F4N2O5/c29-18-11-16(3-5-17(18)28(30,31)32)25(36)33-19-7-8-27(37)21-12-15-4-6-20(35)23-22(15)26(27,24(19)39-23)9-10-34(21,38)13-14-1-2-14/h3-6,11,14,19,21,24,35,37H,1-2,7-10,12-13H2,(H,33,36)/t19-,21-,24+,26?,27-,34?/m1/s1. The zero-order valence-electron chi connectivity index (χ0n) is 20.9. The van der Waals surface area contributed by atoms with Crippen LogP contribution in [-0.4, -0.2) is 57.6 Å². The lowest BCUT2D eigenvalue weighted by Gasteiger charge is -2.68. The molecule has 1 amide bonds. The number of rotatable bonds is 4. The molecule has 3 aliphatic carbocycles. The predicted molar refractivity (Wildman–Crippen MR) is 129 cm³/mol. The number of benzene rings is 2. The summed E-state index contributed by atoms with van der Waals surface area (Å²) in [7, 11) is 0. The molecule has 2 aliphatic heterocycles. The van der Waals surface area contributed by atoms with Crippen molar-refractivity contribution >= 4 is 5.91 Å². The number of likely N-dealkylation sites (tertiary alicyclic amines) is 1. The molecular formula is C28H28F4N2O5. The van der Waals surface area contributed by atoms with E-state index in [-0.39, 0.29) is 36.4 Å². The first kappa shape index (κ1) is 25.1. The van der Waals surface area contributed by atoms with Gasteiger partial charge in [-0.05, 0) is 55.5 Å². The molecule has 2 saturated carbocycles. The van der Waals surface area contributed by atoms with Crippen molar-refractivity contribution in [1.29, 1.82) is 0 Å². The number of piperidine rings is 1. The summed E-state index contributed by atoms with van der Waals surface area (Å²) in [4.78, 5) is 13.1. The number of halogens is 4. The number of aliphatic hydroxyl groups is 1. The molecule has 3 fully saturated rings. The Morgan fingerprint density at radius 2 is 1.95 bits per heavy atom. The highest BCUT2D eigenvalue weighted by Crippen LogP contribution is 2.66. The second kappa shape index (κ2) is 7.86. The molecule has 0 aromatic heterocycles. The Morgan fingerprint density at radius 1 is 1.18 bits per heavy atom. The lowest BCUT2D eigenvalue weighted by atomic mass is 9.48. The molecule has 39 heavy (non-hydrogen) atoms. The smallest absolute Gasteiger partial charge is 0.419 e. The fourth-order valence-electron chi connectivity index (χ4n) is 8.04. The third kappa shape index (κ3) is 3.35. The number of hydrogen-bond acceptors (Lipinski definition) is 5. The number of phenolic OH excluding ortho intramolecular Hbond substituents is 1. The molecule has 11 heteroatoms. The number of ether oxygens (including phenoxy) is 1. The van der Waals surface area contributed by atoms with E-state index < -0.39 is 57.3 Å². The number of carbonyl (C=O) groups excluding carboxylic acids is 1. The van der Waals surface area contributed by atoms with Crippen molar-refractivity contribution in [3.8, 4) is 11.5 Å². The summed E-state index contributed by atoms with van der Waals surface area (Å²) >= 11 is 0. The Kier molecular flexibility index (Phi) is 5.06. The van der Waals surface area contributed by atoms with Crippen molar-refractivity contribution < 1.29 is 42.0 Å². The van der Waals surface area contributed by atoms with Crippen LogP contribution in [0.3, 0.4) is 0 Å². The molecule has 1 saturated heterocycles. The van der Waals surface area contributed by atoms with Crippen LogP contribution in [0.25, 0.3) is 0 Å². The molecule has 2 heterocycles. The van der Waals surface area contributed by atoms with Crippen molar-refractivity contribution in [1.82, 2.24) is 5.32 Å². The average Bonchev–Trinajstić information content (AvgIpc) is 3.59. The van der Waals surface area contributed by atoms with Crippen LogP contribution < -0.4 is 10.1 Å². The van der Waals surface area contributed by atoms with Crippen LogP contribution in [0.5, 0.6) is 11.5 Å². The van der Waals surface area contributed by atoms with Gasteiger partial charge >= 0.3 is 6.18 Å². The van der Waals surface area contributed by atoms with Gasteiger partial charge in [-0.2, -0.15) is 13.2 Å². The highest BCUT2D eigenvalue weighted by atomic mass is 19.4. The van der Waals surface area contributed by atoms with Gasteiger partial charge in [0.25, 0.3) is 5.91 Å². The monoisotopic (exact) mass is 548 g/mol. The maximum absolute atomic E-state index is 14.2. The Bertz CT molecular complexity index is 1400. The van der Waals surface area contributed by atoms with Gasteiger partial charge in [0.05, 0.1) is 30.1 Å². The molecule has 2 bridgehead atoms. The van der Waals surface area contributed by atoms with Crippen molar-refractivity contribution in [2.45, 2.75) is 73.9 Å². The van der Waals surface area contributed by atoms with Gasteiger partial charge in [-0.1, -0.05) is 6.07 Å². The van der Waals surface area contributed by atoms with E-state index in [2.05, 4.69) is 5.32 Å². The van der Waals surface area contributed by atoms with Crippen LogP contribution in [0.2, 0.25) is 0 Å². The molecule has 2 aromatic carbocycles. The van der Waals surface area contributed by atoms with Gasteiger partial charge < -0.3 is 30.1 Å². The maximum atomic E-state index is 14.2. The van der Waals surface area contributed by atoms with Crippen LogP contribution in [0.1, 0.15) is 59.2 Å². The van der Waals surface area contributed by atoms with E-state index in [1.807, 2.05) is 0 Å².